The zero-order valence-electron chi connectivity index (χ0n) is 15.9. The Morgan fingerprint density at radius 3 is 2.58 bits per heavy atom. The summed E-state index contributed by atoms with van der Waals surface area (Å²) in [6.45, 7) is 12.0. The summed E-state index contributed by atoms with van der Waals surface area (Å²) in [5.41, 5.74) is 8.28. The Hall–Kier alpha value is -2.63. The number of hydrogen-bond donors (Lipinski definition) is 3. The predicted octanol–water partition coefficient (Wildman–Crippen LogP) is 4.83. The molecule has 0 unspecified atom stereocenters. The first-order valence-corrected chi connectivity index (χ1v) is 8.90. The molecular weight excluding hydrogens is 329 g/mol. The van der Waals surface area contributed by atoms with Gasteiger partial charge in [-0.2, -0.15) is 0 Å². The Morgan fingerprint density at radius 1 is 1.27 bits per heavy atom. The first-order valence-electron chi connectivity index (χ1n) is 8.90. The first kappa shape index (κ1) is 19.7. The number of hydrogen-bond acceptors (Lipinski definition) is 5. The van der Waals surface area contributed by atoms with Crippen LogP contribution in [0.25, 0.3) is 5.70 Å². The number of pyridine rings is 2. The second kappa shape index (κ2) is 8.65. The van der Waals surface area contributed by atoms with Gasteiger partial charge in [-0.15, -0.1) is 0 Å². The van der Waals surface area contributed by atoms with Crippen molar-refractivity contribution in [3.8, 4) is 0 Å². The second-order valence-electron chi connectivity index (χ2n) is 7.00. The van der Waals surface area contributed by atoms with Crippen LogP contribution in [0.15, 0.2) is 31.1 Å². The zero-order valence-corrected chi connectivity index (χ0v) is 15.9. The van der Waals surface area contributed by atoms with E-state index in [1.54, 1.807) is 12.4 Å². The van der Waals surface area contributed by atoms with Gasteiger partial charge in [0, 0.05) is 23.5 Å². The number of nitrogens with two attached hydrogens (primary N) is 1. The van der Waals surface area contributed by atoms with Crippen LogP contribution in [-0.4, -0.2) is 16.0 Å². The van der Waals surface area contributed by atoms with Crippen molar-refractivity contribution in [1.82, 2.24) is 9.97 Å². The van der Waals surface area contributed by atoms with Crippen molar-refractivity contribution in [1.29, 1.82) is 0 Å². The minimum Gasteiger partial charge on any atom is -0.399 e. The zero-order chi connectivity index (χ0) is 19.3. The molecule has 0 spiro atoms. The van der Waals surface area contributed by atoms with Crippen LogP contribution < -0.4 is 16.4 Å². The predicted molar refractivity (Wildman–Crippen MR) is 107 cm³/mol. The lowest BCUT2D eigenvalue weighted by atomic mass is 10.0. The lowest BCUT2D eigenvalue weighted by Crippen LogP contribution is -2.22. The minimum atomic E-state index is -0.443. The van der Waals surface area contributed by atoms with Crippen LogP contribution in [0.3, 0.4) is 0 Å². The standard InChI is InChI=1S/C20H28FN5/c1-6-15(7-12(2)3)24-20-18(21)9-17(14(5)22)19(26-20)25-16-8-13(4)10-23-11-16/h8-12,15H,5-7,22H2,1-4H3,(H2,24,25,26)/t15-/m1/s1. The summed E-state index contributed by atoms with van der Waals surface area (Å²) < 4.78 is 14.6. The van der Waals surface area contributed by atoms with E-state index in [-0.39, 0.29) is 17.6 Å². The fraction of sp³-hybridized carbons (Fsp3) is 0.400. The molecule has 0 bridgehead atoms. The van der Waals surface area contributed by atoms with Crippen LogP contribution in [0.1, 0.15) is 44.7 Å². The number of aromatic nitrogens is 2. The average Bonchev–Trinajstić information content (AvgIpc) is 2.56. The van der Waals surface area contributed by atoms with E-state index in [9.17, 15) is 4.39 Å². The third-order valence-electron chi connectivity index (χ3n) is 4.05. The molecule has 0 aliphatic rings. The molecule has 0 aromatic carbocycles. The molecule has 2 aromatic rings. The summed E-state index contributed by atoms with van der Waals surface area (Å²) in [6.07, 6.45) is 5.27. The first-order chi connectivity index (χ1) is 12.3. The van der Waals surface area contributed by atoms with Gasteiger partial charge in [-0.25, -0.2) is 9.37 Å². The van der Waals surface area contributed by atoms with E-state index in [1.807, 2.05) is 13.0 Å². The highest BCUT2D eigenvalue weighted by atomic mass is 19.1. The molecule has 140 valence electrons. The normalized spacial score (nSPS) is 12.1. The molecule has 0 radical (unpaired) electrons. The second-order valence-corrected chi connectivity index (χ2v) is 7.00. The van der Waals surface area contributed by atoms with Gasteiger partial charge in [0.15, 0.2) is 11.6 Å². The summed E-state index contributed by atoms with van der Waals surface area (Å²) >= 11 is 0. The van der Waals surface area contributed by atoms with Gasteiger partial charge in [0.1, 0.15) is 5.82 Å². The summed E-state index contributed by atoms with van der Waals surface area (Å²) in [5, 5.41) is 6.39. The molecule has 0 amide bonds. The lowest BCUT2D eigenvalue weighted by Gasteiger charge is -2.21. The fourth-order valence-electron chi connectivity index (χ4n) is 2.78. The quantitative estimate of drug-likeness (QED) is 0.630. The smallest absolute Gasteiger partial charge is 0.166 e. The van der Waals surface area contributed by atoms with Crippen molar-refractivity contribution < 1.29 is 4.39 Å². The molecule has 0 aliphatic heterocycles. The van der Waals surface area contributed by atoms with Gasteiger partial charge in [-0.1, -0.05) is 27.4 Å². The van der Waals surface area contributed by atoms with E-state index in [0.717, 1.165) is 24.1 Å². The van der Waals surface area contributed by atoms with Crippen molar-refractivity contribution in [3.05, 3.63) is 48.0 Å². The molecule has 1 atom stereocenters. The molecule has 0 saturated carbocycles. The number of rotatable bonds is 8. The summed E-state index contributed by atoms with van der Waals surface area (Å²) in [5.74, 6) is 0.732. The van der Waals surface area contributed by atoms with Gasteiger partial charge in [0.2, 0.25) is 0 Å². The summed E-state index contributed by atoms with van der Waals surface area (Å²) in [4.78, 5) is 8.60. The Morgan fingerprint density at radius 2 is 2.00 bits per heavy atom. The van der Waals surface area contributed by atoms with Gasteiger partial charge in [0.05, 0.1) is 11.9 Å². The molecule has 26 heavy (non-hydrogen) atoms. The van der Waals surface area contributed by atoms with Gasteiger partial charge in [-0.05, 0) is 43.4 Å². The van der Waals surface area contributed by atoms with Crippen LogP contribution in [0.5, 0.6) is 0 Å². The minimum absolute atomic E-state index is 0.150. The van der Waals surface area contributed by atoms with E-state index in [4.69, 9.17) is 5.73 Å². The van der Waals surface area contributed by atoms with E-state index >= 15 is 0 Å². The van der Waals surface area contributed by atoms with Crippen LogP contribution in [-0.2, 0) is 0 Å². The van der Waals surface area contributed by atoms with Crippen LogP contribution in [0.2, 0.25) is 0 Å². The highest BCUT2D eigenvalue weighted by molar-refractivity contribution is 5.75. The van der Waals surface area contributed by atoms with Crippen LogP contribution in [0.4, 0.5) is 21.7 Å². The van der Waals surface area contributed by atoms with E-state index in [1.165, 1.54) is 6.07 Å². The Labute approximate surface area is 154 Å². The Kier molecular flexibility index (Phi) is 6.55. The topological polar surface area (TPSA) is 75.9 Å². The number of anilines is 3. The third kappa shape index (κ3) is 5.18. The van der Waals surface area contributed by atoms with Gasteiger partial charge in [-0.3, -0.25) is 4.98 Å². The summed E-state index contributed by atoms with van der Waals surface area (Å²) in [6, 6.07) is 3.45. The summed E-state index contributed by atoms with van der Waals surface area (Å²) in [7, 11) is 0. The molecule has 4 N–H and O–H groups in total. The molecule has 0 saturated heterocycles. The van der Waals surface area contributed by atoms with E-state index in [2.05, 4.69) is 48.0 Å². The fourth-order valence-corrected chi connectivity index (χ4v) is 2.78. The SMILES string of the molecule is C=C(N)c1cc(F)c(N[C@H](CC)CC(C)C)nc1Nc1cncc(C)c1. The van der Waals surface area contributed by atoms with Gasteiger partial charge in [0.25, 0.3) is 0 Å². The highest BCUT2D eigenvalue weighted by Crippen LogP contribution is 2.27. The number of nitrogens with one attached hydrogen (secondary N) is 2. The maximum absolute atomic E-state index is 14.6. The van der Waals surface area contributed by atoms with Gasteiger partial charge >= 0.3 is 0 Å². The maximum Gasteiger partial charge on any atom is 0.166 e. The van der Waals surface area contributed by atoms with Gasteiger partial charge < -0.3 is 16.4 Å². The molecule has 2 heterocycles. The monoisotopic (exact) mass is 357 g/mol. The Balaban J connectivity index is 2.37. The van der Waals surface area contributed by atoms with Crippen molar-refractivity contribution >= 4 is 23.0 Å². The number of halogens is 1. The number of nitrogens with zero attached hydrogens (tertiary/aromatic N) is 2. The molecule has 2 aromatic heterocycles. The Bertz CT molecular complexity index is 773. The molecule has 0 aliphatic carbocycles. The lowest BCUT2D eigenvalue weighted by molar-refractivity contribution is 0.503. The largest absolute Gasteiger partial charge is 0.399 e. The molecule has 0 fully saturated rings. The average molecular weight is 357 g/mol. The maximum atomic E-state index is 14.6. The number of aryl methyl sites for hydroxylation is 1. The van der Waals surface area contributed by atoms with Crippen molar-refractivity contribution in [2.24, 2.45) is 11.7 Å². The van der Waals surface area contributed by atoms with Crippen LogP contribution in [0, 0.1) is 18.7 Å². The molecule has 5 nitrogen and oxygen atoms in total. The van der Waals surface area contributed by atoms with Crippen molar-refractivity contribution in [2.75, 3.05) is 10.6 Å². The highest BCUT2D eigenvalue weighted by Gasteiger charge is 2.17. The van der Waals surface area contributed by atoms with Crippen LogP contribution >= 0.6 is 0 Å². The third-order valence-corrected chi connectivity index (χ3v) is 4.05. The van der Waals surface area contributed by atoms with E-state index < -0.39 is 5.82 Å². The van der Waals surface area contributed by atoms with Crippen molar-refractivity contribution in [3.63, 3.8) is 0 Å². The molecule has 6 heteroatoms. The molecule has 2 rings (SSSR count). The van der Waals surface area contributed by atoms with Crippen molar-refractivity contribution in [2.45, 2.75) is 46.6 Å². The molecular formula is C20H28FN5. The van der Waals surface area contributed by atoms with E-state index in [0.29, 0.717) is 17.3 Å².